The molecule has 1 heterocycles. The molecule has 0 aliphatic heterocycles. The molecule has 3 heteroatoms. The lowest BCUT2D eigenvalue weighted by Crippen LogP contribution is -2.10. The monoisotopic (exact) mass is 152 g/mol. The summed E-state index contributed by atoms with van der Waals surface area (Å²) in [5.74, 6) is 0. The molecule has 11 heavy (non-hydrogen) atoms. The summed E-state index contributed by atoms with van der Waals surface area (Å²) in [6.07, 6.45) is 2.56. The zero-order chi connectivity index (χ0) is 7.90. The molecule has 2 rings (SSSR count). The Kier molecular flexibility index (Phi) is 1.29. The minimum absolute atomic E-state index is 0.415. The SMILES string of the molecule is Cc1cc(CC2(O)CC2)n[nH]1. The van der Waals surface area contributed by atoms with Crippen LogP contribution in [-0.4, -0.2) is 20.9 Å². The highest BCUT2D eigenvalue weighted by Gasteiger charge is 2.40. The van der Waals surface area contributed by atoms with E-state index in [-0.39, 0.29) is 0 Å². The van der Waals surface area contributed by atoms with E-state index in [2.05, 4.69) is 10.2 Å². The van der Waals surface area contributed by atoms with Gasteiger partial charge in [-0.05, 0) is 25.8 Å². The van der Waals surface area contributed by atoms with Gasteiger partial charge in [-0.1, -0.05) is 0 Å². The Morgan fingerprint density at radius 1 is 1.73 bits per heavy atom. The van der Waals surface area contributed by atoms with Gasteiger partial charge >= 0.3 is 0 Å². The summed E-state index contributed by atoms with van der Waals surface area (Å²) < 4.78 is 0. The van der Waals surface area contributed by atoms with Crippen molar-refractivity contribution in [2.75, 3.05) is 0 Å². The van der Waals surface area contributed by atoms with Crippen LogP contribution in [0.4, 0.5) is 0 Å². The molecule has 0 spiro atoms. The molecule has 0 unspecified atom stereocenters. The number of aromatic amines is 1. The van der Waals surface area contributed by atoms with Crippen molar-refractivity contribution in [2.45, 2.75) is 31.8 Å². The fourth-order valence-corrected chi connectivity index (χ4v) is 1.22. The van der Waals surface area contributed by atoms with Crippen LogP contribution in [0.1, 0.15) is 24.2 Å². The number of aryl methyl sites for hydroxylation is 1. The molecule has 1 aromatic rings. The van der Waals surface area contributed by atoms with Crippen molar-refractivity contribution in [2.24, 2.45) is 0 Å². The second-order valence-corrected chi connectivity index (χ2v) is 3.44. The van der Waals surface area contributed by atoms with Gasteiger partial charge in [0.1, 0.15) is 0 Å². The summed E-state index contributed by atoms with van der Waals surface area (Å²) in [6.45, 7) is 1.97. The van der Waals surface area contributed by atoms with E-state index in [1.165, 1.54) is 0 Å². The standard InChI is InChI=1S/C8H12N2O/c1-6-4-7(10-9-6)5-8(11)2-3-8/h4,11H,2-3,5H2,1H3,(H,9,10). The Balaban J connectivity index is 2.06. The molecule has 1 fully saturated rings. The zero-order valence-corrected chi connectivity index (χ0v) is 6.59. The molecule has 1 aromatic heterocycles. The number of hydrogen-bond acceptors (Lipinski definition) is 2. The van der Waals surface area contributed by atoms with Crippen molar-refractivity contribution in [3.63, 3.8) is 0 Å². The lowest BCUT2D eigenvalue weighted by Gasteiger charge is -2.01. The second kappa shape index (κ2) is 2.08. The highest BCUT2D eigenvalue weighted by molar-refractivity contribution is 5.12. The van der Waals surface area contributed by atoms with Gasteiger partial charge in [0.15, 0.2) is 0 Å². The number of aliphatic hydroxyl groups is 1. The van der Waals surface area contributed by atoms with Crippen molar-refractivity contribution in [3.05, 3.63) is 17.5 Å². The molecule has 3 nitrogen and oxygen atoms in total. The number of H-pyrrole nitrogens is 1. The van der Waals surface area contributed by atoms with Crippen LogP contribution < -0.4 is 0 Å². The van der Waals surface area contributed by atoms with Gasteiger partial charge in [0, 0.05) is 12.1 Å². The summed E-state index contributed by atoms with van der Waals surface area (Å²) >= 11 is 0. The largest absolute Gasteiger partial charge is 0.389 e. The van der Waals surface area contributed by atoms with Crippen LogP contribution >= 0.6 is 0 Å². The first-order valence-corrected chi connectivity index (χ1v) is 3.91. The van der Waals surface area contributed by atoms with Gasteiger partial charge in [0.2, 0.25) is 0 Å². The van der Waals surface area contributed by atoms with Crippen molar-refractivity contribution in [3.8, 4) is 0 Å². The molecule has 1 aliphatic carbocycles. The summed E-state index contributed by atoms with van der Waals surface area (Å²) in [6, 6.07) is 1.98. The molecule has 0 amide bonds. The van der Waals surface area contributed by atoms with E-state index in [4.69, 9.17) is 0 Å². The van der Waals surface area contributed by atoms with Crippen LogP contribution in [0.15, 0.2) is 6.07 Å². The van der Waals surface area contributed by atoms with Crippen molar-refractivity contribution in [1.29, 1.82) is 0 Å². The van der Waals surface area contributed by atoms with Gasteiger partial charge < -0.3 is 5.11 Å². The van der Waals surface area contributed by atoms with Crippen LogP contribution in [0.2, 0.25) is 0 Å². The van der Waals surface area contributed by atoms with Crippen molar-refractivity contribution >= 4 is 0 Å². The minimum Gasteiger partial charge on any atom is -0.389 e. The fraction of sp³-hybridized carbons (Fsp3) is 0.625. The lowest BCUT2D eigenvalue weighted by atomic mass is 10.2. The molecule has 2 N–H and O–H groups in total. The minimum atomic E-state index is -0.415. The van der Waals surface area contributed by atoms with E-state index in [9.17, 15) is 5.11 Å². The molecule has 0 bridgehead atoms. The van der Waals surface area contributed by atoms with Gasteiger partial charge in [0.05, 0.1) is 11.3 Å². The van der Waals surface area contributed by atoms with Crippen LogP contribution in [-0.2, 0) is 6.42 Å². The third-order valence-electron chi connectivity index (χ3n) is 2.10. The van der Waals surface area contributed by atoms with Crippen LogP contribution in [0.5, 0.6) is 0 Å². The average molecular weight is 152 g/mol. The average Bonchev–Trinajstić information content (AvgIpc) is 2.49. The van der Waals surface area contributed by atoms with Gasteiger partial charge in [0.25, 0.3) is 0 Å². The summed E-state index contributed by atoms with van der Waals surface area (Å²) in [7, 11) is 0. The molecule has 0 atom stereocenters. The Morgan fingerprint density at radius 2 is 2.45 bits per heavy atom. The van der Waals surface area contributed by atoms with Crippen LogP contribution in [0.3, 0.4) is 0 Å². The molecule has 1 saturated carbocycles. The molecule has 0 aromatic carbocycles. The molecule has 0 radical (unpaired) electrons. The van der Waals surface area contributed by atoms with Crippen molar-refractivity contribution in [1.82, 2.24) is 10.2 Å². The first-order chi connectivity index (χ1) is 5.18. The molecular formula is C8H12N2O. The maximum Gasteiger partial charge on any atom is 0.0705 e. The normalized spacial score (nSPS) is 20.2. The van der Waals surface area contributed by atoms with E-state index in [0.29, 0.717) is 6.42 Å². The van der Waals surface area contributed by atoms with E-state index in [1.807, 2.05) is 13.0 Å². The molecule has 1 aliphatic rings. The van der Waals surface area contributed by atoms with Crippen LogP contribution in [0.25, 0.3) is 0 Å². The summed E-state index contributed by atoms with van der Waals surface area (Å²) in [5, 5.41) is 16.5. The first-order valence-electron chi connectivity index (χ1n) is 3.91. The number of nitrogens with zero attached hydrogens (tertiary/aromatic N) is 1. The number of aromatic nitrogens is 2. The predicted octanol–water partition coefficient (Wildman–Crippen LogP) is 0.786. The molecule has 60 valence electrons. The van der Waals surface area contributed by atoms with E-state index < -0.39 is 5.60 Å². The van der Waals surface area contributed by atoms with Gasteiger partial charge in [-0.2, -0.15) is 5.10 Å². The Bertz CT molecular complexity index is 263. The smallest absolute Gasteiger partial charge is 0.0705 e. The van der Waals surface area contributed by atoms with Gasteiger partial charge in [-0.3, -0.25) is 5.10 Å². The van der Waals surface area contributed by atoms with Crippen molar-refractivity contribution < 1.29 is 5.11 Å². The molecule has 0 saturated heterocycles. The van der Waals surface area contributed by atoms with Gasteiger partial charge in [-0.15, -0.1) is 0 Å². The topological polar surface area (TPSA) is 48.9 Å². The van der Waals surface area contributed by atoms with E-state index in [0.717, 1.165) is 24.2 Å². The number of hydrogen-bond donors (Lipinski definition) is 2. The first kappa shape index (κ1) is 6.85. The predicted molar refractivity (Wildman–Crippen MR) is 41.2 cm³/mol. The second-order valence-electron chi connectivity index (χ2n) is 3.44. The zero-order valence-electron chi connectivity index (χ0n) is 6.59. The quantitative estimate of drug-likeness (QED) is 0.658. The molecular weight excluding hydrogens is 140 g/mol. The fourth-order valence-electron chi connectivity index (χ4n) is 1.22. The third-order valence-corrected chi connectivity index (χ3v) is 2.10. The highest BCUT2D eigenvalue weighted by Crippen LogP contribution is 2.37. The summed E-state index contributed by atoms with van der Waals surface area (Å²) in [5.41, 5.74) is 1.62. The van der Waals surface area contributed by atoms with Crippen LogP contribution in [0, 0.1) is 6.92 Å². The maximum absolute atomic E-state index is 9.54. The lowest BCUT2D eigenvalue weighted by molar-refractivity contribution is 0.149. The Hall–Kier alpha value is -0.830. The summed E-state index contributed by atoms with van der Waals surface area (Å²) in [4.78, 5) is 0. The van der Waals surface area contributed by atoms with E-state index >= 15 is 0 Å². The highest BCUT2D eigenvalue weighted by atomic mass is 16.3. The third kappa shape index (κ3) is 1.43. The number of rotatable bonds is 2. The maximum atomic E-state index is 9.54. The number of nitrogens with one attached hydrogen (secondary N) is 1. The van der Waals surface area contributed by atoms with Gasteiger partial charge in [-0.25, -0.2) is 0 Å². The van der Waals surface area contributed by atoms with E-state index in [1.54, 1.807) is 0 Å². The Labute approximate surface area is 65.4 Å². The Morgan fingerprint density at radius 3 is 2.91 bits per heavy atom.